The van der Waals surface area contributed by atoms with E-state index in [9.17, 15) is 0 Å². The maximum Gasteiger partial charge on any atom is 0.159 e. The first-order chi connectivity index (χ1) is 32.4. The van der Waals surface area contributed by atoms with Crippen molar-refractivity contribution >= 4 is 107 Å². The van der Waals surface area contributed by atoms with E-state index < -0.39 is 8.07 Å². The van der Waals surface area contributed by atoms with E-state index in [0.717, 1.165) is 55.8 Å². The number of hydrogen-bond donors (Lipinski definition) is 0. The molecule has 0 fully saturated rings. The largest absolute Gasteiger partial charge is 0.453 e. The minimum atomic E-state index is -2.10. The van der Waals surface area contributed by atoms with Gasteiger partial charge >= 0.3 is 0 Å². The molecule has 0 amide bonds. The maximum atomic E-state index is 7.11. The average Bonchev–Trinajstić information content (AvgIpc) is 3.86. The van der Waals surface area contributed by atoms with Gasteiger partial charge in [0.05, 0.1) is 17.1 Å². The molecule has 1 aliphatic rings. The number of para-hydroxylation sites is 4. The molecule has 0 N–H and O–H groups in total. The van der Waals surface area contributed by atoms with E-state index in [1.165, 1.54) is 76.3 Å². The second-order valence-electron chi connectivity index (χ2n) is 18.5. The summed E-state index contributed by atoms with van der Waals surface area (Å²) in [5.41, 5.74) is 16.0. The lowest BCUT2D eigenvalue weighted by Crippen LogP contribution is -2.50. The molecule has 12 aromatic rings. The Morgan fingerprint density at radius 2 is 0.833 bits per heavy atom. The van der Waals surface area contributed by atoms with Gasteiger partial charge in [-0.1, -0.05) is 171 Å². The van der Waals surface area contributed by atoms with Crippen LogP contribution in [-0.2, 0) is 0 Å². The van der Waals surface area contributed by atoms with Crippen LogP contribution in [0.25, 0.3) is 76.5 Å². The van der Waals surface area contributed by atoms with Crippen LogP contribution >= 0.6 is 0 Å². The van der Waals surface area contributed by atoms with Crippen LogP contribution in [0.3, 0.4) is 0 Å². The third kappa shape index (κ3) is 5.55. The predicted molar refractivity (Wildman–Crippen MR) is 284 cm³/mol. The smallest absolute Gasteiger partial charge is 0.159 e. The van der Waals surface area contributed by atoms with E-state index in [2.05, 4.69) is 243 Å². The molecule has 0 spiro atoms. The summed E-state index contributed by atoms with van der Waals surface area (Å²) in [4.78, 5) is 4.99. The zero-order valence-corrected chi connectivity index (χ0v) is 38.4. The van der Waals surface area contributed by atoms with Gasteiger partial charge in [-0.25, -0.2) is 0 Å². The van der Waals surface area contributed by atoms with E-state index in [1.807, 2.05) is 0 Å². The molecule has 314 valence electrons. The van der Waals surface area contributed by atoms with Gasteiger partial charge in [-0.2, -0.15) is 0 Å². The zero-order valence-electron chi connectivity index (χ0n) is 37.4. The lowest BCUT2D eigenvalue weighted by atomic mass is 9.88. The van der Waals surface area contributed by atoms with Gasteiger partial charge in [0.25, 0.3) is 0 Å². The van der Waals surface area contributed by atoms with Crippen LogP contribution in [0.5, 0.6) is 0 Å². The Labute approximate surface area is 385 Å². The van der Waals surface area contributed by atoms with Crippen molar-refractivity contribution in [2.45, 2.75) is 26.9 Å². The summed E-state index contributed by atoms with van der Waals surface area (Å²) in [5.74, 6) is 0. The van der Waals surface area contributed by atoms with Gasteiger partial charge in [-0.3, -0.25) is 0 Å². The number of benzene rings is 11. The molecule has 0 bridgehead atoms. The third-order valence-electron chi connectivity index (χ3n) is 14.4. The lowest BCUT2D eigenvalue weighted by Gasteiger charge is -2.33. The molecule has 13 rings (SSSR count). The molecule has 0 radical (unpaired) electrons. The molecule has 66 heavy (non-hydrogen) atoms. The number of rotatable bonds is 7. The summed E-state index contributed by atoms with van der Waals surface area (Å²) in [6.07, 6.45) is 0. The molecule has 2 heterocycles. The third-order valence-corrected chi connectivity index (χ3v) is 18.0. The van der Waals surface area contributed by atoms with Crippen molar-refractivity contribution in [1.29, 1.82) is 0 Å². The fraction of sp³-hybridized carbons (Fsp3) is 0.0645. The summed E-state index contributed by atoms with van der Waals surface area (Å²) < 4.78 is 7.11. The highest BCUT2D eigenvalue weighted by atomic mass is 28.3. The van der Waals surface area contributed by atoms with Crippen LogP contribution in [0.2, 0.25) is 13.1 Å². The monoisotopic (exact) mass is 862 g/mol. The van der Waals surface area contributed by atoms with Crippen LogP contribution < -0.4 is 20.2 Å². The van der Waals surface area contributed by atoms with E-state index in [-0.39, 0.29) is 0 Å². The van der Waals surface area contributed by atoms with Crippen LogP contribution in [0.4, 0.5) is 34.1 Å². The van der Waals surface area contributed by atoms with Gasteiger partial charge in [0.1, 0.15) is 13.7 Å². The van der Waals surface area contributed by atoms with Crippen LogP contribution in [0, 0.1) is 13.8 Å². The number of fused-ring (bicyclic) bond motifs is 6. The summed E-state index contributed by atoms with van der Waals surface area (Å²) in [7, 11) is -2.10. The number of aryl methyl sites for hydroxylation is 2. The highest BCUT2D eigenvalue weighted by Gasteiger charge is 2.40. The number of furan rings is 1. The number of nitrogens with zero attached hydrogens (tertiary/aromatic N) is 2. The van der Waals surface area contributed by atoms with Crippen molar-refractivity contribution in [3.8, 4) is 22.3 Å². The van der Waals surface area contributed by atoms with Gasteiger partial charge in [-0.15, -0.1) is 0 Å². The molecular weight excluding hydrogens is 817 g/mol. The minimum Gasteiger partial charge on any atom is -0.453 e. The Morgan fingerprint density at radius 1 is 0.364 bits per heavy atom. The second kappa shape index (κ2) is 14.5. The Hall–Kier alpha value is -7.92. The van der Waals surface area contributed by atoms with Crippen molar-refractivity contribution < 1.29 is 4.42 Å². The number of anilines is 6. The fourth-order valence-electron chi connectivity index (χ4n) is 11.5. The van der Waals surface area contributed by atoms with Crippen molar-refractivity contribution in [2.24, 2.45) is 0 Å². The van der Waals surface area contributed by atoms with Gasteiger partial charge in [0.15, 0.2) is 5.58 Å². The molecule has 1 aliphatic heterocycles. The predicted octanol–water partition coefficient (Wildman–Crippen LogP) is 16.5. The van der Waals surface area contributed by atoms with Crippen LogP contribution in [0.15, 0.2) is 211 Å². The second-order valence-corrected chi connectivity index (χ2v) is 22.8. The van der Waals surface area contributed by atoms with Crippen molar-refractivity contribution in [2.75, 3.05) is 9.80 Å². The molecule has 11 aromatic carbocycles. The SMILES string of the molecule is Cc1cc(N(c2ccccc2)c2cccc3c2[Si](C)(C)c2ccccc2-3)c2ccc3c(C)cc(N(c4ccccc4)c4cccc5c4oc4c(-c6ccccc6)cccc45)c4ccc1c2c34. The average molecular weight is 863 g/mol. The van der Waals surface area contributed by atoms with Gasteiger partial charge < -0.3 is 14.2 Å². The Kier molecular flexibility index (Phi) is 8.49. The summed E-state index contributed by atoms with van der Waals surface area (Å²) in [6.45, 7) is 9.61. The van der Waals surface area contributed by atoms with E-state index in [0.29, 0.717) is 0 Å². The molecule has 1 aromatic heterocycles. The quantitative estimate of drug-likeness (QED) is 0.118. The highest BCUT2D eigenvalue weighted by Crippen LogP contribution is 2.51. The van der Waals surface area contributed by atoms with E-state index in [4.69, 9.17) is 4.42 Å². The van der Waals surface area contributed by atoms with Crippen molar-refractivity contribution in [1.82, 2.24) is 0 Å². The first-order valence-corrected chi connectivity index (χ1v) is 26.0. The van der Waals surface area contributed by atoms with E-state index in [1.54, 1.807) is 0 Å². The Morgan fingerprint density at radius 3 is 1.47 bits per heavy atom. The Bertz CT molecular complexity index is 3870. The normalized spacial score (nSPS) is 13.0. The molecule has 0 atom stereocenters. The van der Waals surface area contributed by atoms with E-state index >= 15 is 0 Å². The first-order valence-electron chi connectivity index (χ1n) is 23.0. The summed E-state index contributed by atoms with van der Waals surface area (Å²) >= 11 is 0. The molecule has 3 nitrogen and oxygen atoms in total. The fourth-order valence-corrected chi connectivity index (χ4v) is 14.9. The molecule has 0 aliphatic carbocycles. The van der Waals surface area contributed by atoms with Crippen molar-refractivity contribution in [3.05, 3.63) is 217 Å². The summed E-state index contributed by atoms with van der Waals surface area (Å²) in [5, 5.41) is 12.7. The minimum absolute atomic E-state index is 0.865. The van der Waals surface area contributed by atoms with Gasteiger partial charge in [0.2, 0.25) is 0 Å². The molecule has 0 unspecified atom stereocenters. The van der Waals surface area contributed by atoms with Gasteiger partial charge in [-0.05, 0) is 122 Å². The molecule has 0 saturated heterocycles. The Balaban J connectivity index is 1.08. The van der Waals surface area contributed by atoms with Gasteiger partial charge in [0, 0.05) is 44.2 Å². The topological polar surface area (TPSA) is 19.6 Å². The summed E-state index contributed by atoms with van der Waals surface area (Å²) in [6, 6.07) is 75.8. The first kappa shape index (κ1) is 38.5. The standard InChI is InChI=1S/C62H46N2OSi/c1-39-37-55(63(42-21-10-6-11-22-42)53-30-17-28-49-48-27-16-26-46(60(48)65-61(49)53)41-19-8-5-9-20-41)51-35-33-45-40(2)38-56(52-36-34-44(39)58(51)59(45)52)64(43-23-12-7-13-24-43)54-31-18-29-50-47-25-14-15-32-57(47)66(3,4)62(50)54/h5-38H,1-4H3. The zero-order chi connectivity index (χ0) is 44.3. The molecular formula is C62H46N2OSi. The number of hydrogen-bond acceptors (Lipinski definition) is 3. The van der Waals surface area contributed by atoms with Crippen LogP contribution in [0.1, 0.15) is 11.1 Å². The maximum absolute atomic E-state index is 7.11. The van der Waals surface area contributed by atoms with Crippen LogP contribution in [-0.4, -0.2) is 8.07 Å². The van der Waals surface area contributed by atoms with Crippen molar-refractivity contribution in [3.63, 3.8) is 0 Å². The highest BCUT2D eigenvalue weighted by molar-refractivity contribution is 7.04. The lowest BCUT2D eigenvalue weighted by molar-refractivity contribution is 0.670. The molecule has 4 heteroatoms. The molecule has 0 saturated carbocycles.